The quantitative estimate of drug-likeness (QED) is 0.502. The van der Waals surface area contributed by atoms with Gasteiger partial charge in [0.15, 0.2) is 0 Å². The Kier molecular flexibility index (Phi) is 5.46. The minimum atomic E-state index is -0.646. The van der Waals surface area contributed by atoms with Crippen molar-refractivity contribution < 1.29 is 19.0 Å². The van der Waals surface area contributed by atoms with Gasteiger partial charge < -0.3 is 14.2 Å². The van der Waals surface area contributed by atoms with Gasteiger partial charge in [-0.3, -0.25) is 0 Å². The highest BCUT2D eigenvalue weighted by molar-refractivity contribution is 5.60. The van der Waals surface area contributed by atoms with Gasteiger partial charge in [-0.1, -0.05) is 0 Å². The lowest BCUT2D eigenvalue weighted by atomic mass is 10.2. The lowest BCUT2D eigenvalue weighted by Gasteiger charge is -2.18. The summed E-state index contributed by atoms with van der Waals surface area (Å²) in [4.78, 5) is 10.9. The molecule has 4 heteroatoms. The molecule has 78 valence electrons. The van der Waals surface area contributed by atoms with E-state index in [-0.39, 0.29) is 6.61 Å². The molecule has 0 unspecified atom stereocenters. The molecule has 0 atom stereocenters. The second kappa shape index (κ2) is 5.80. The molecule has 4 nitrogen and oxygen atoms in total. The molecular formula is C9H18O4. The van der Waals surface area contributed by atoms with Gasteiger partial charge in [-0.05, 0) is 27.7 Å². The average Bonchev–Trinajstić information content (AvgIpc) is 1.94. The SMILES string of the molecule is CCOCCOC(=O)OC(C)(C)C. The fourth-order valence-electron chi connectivity index (χ4n) is 0.608. The first-order valence-corrected chi connectivity index (χ1v) is 4.39. The molecular weight excluding hydrogens is 172 g/mol. The first-order chi connectivity index (χ1) is 5.95. The summed E-state index contributed by atoms with van der Waals surface area (Å²) in [5.41, 5.74) is -0.497. The number of hydrogen-bond acceptors (Lipinski definition) is 4. The molecule has 0 N–H and O–H groups in total. The molecule has 0 aromatic heterocycles. The normalized spacial score (nSPS) is 11.1. The Balaban J connectivity index is 3.41. The van der Waals surface area contributed by atoms with E-state index in [0.717, 1.165) is 0 Å². The van der Waals surface area contributed by atoms with E-state index in [0.29, 0.717) is 13.2 Å². The summed E-state index contributed by atoms with van der Waals surface area (Å²) in [6, 6.07) is 0. The van der Waals surface area contributed by atoms with Crippen LogP contribution in [-0.4, -0.2) is 31.6 Å². The van der Waals surface area contributed by atoms with Crippen LogP contribution < -0.4 is 0 Å². The van der Waals surface area contributed by atoms with Crippen molar-refractivity contribution in [3.8, 4) is 0 Å². The van der Waals surface area contributed by atoms with Gasteiger partial charge in [0.25, 0.3) is 0 Å². The van der Waals surface area contributed by atoms with E-state index in [4.69, 9.17) is 14.2 Å². The Bertz CT molecular complexity index is 148. The number of carbonyl (C=O) groups is 1. The van der Waals surface area contributed by atoms with Crippen LogP contribution in [0.3, 0.4) is 0 Å². The molecule has 0 rings (SSSR count). The maximum absolute atomic E-state index is 10.9. The second-order valence-electron chi connectivity index (χ2n) is 3.51. The first-order valence-electron chi connectivity index (χ1n) is 4.39. The maximum atomic E-state index is 10.9. The number of carbonyl (C=O) groups excluding carboxylic acids is 1. The highest BCUT2D eigenvalue weighted by Crippen LogP contribution is 2.07. The van der Waals surface area contributed by atoms with Crippen LogP contribution in [-0.2, 0) is 14.2 Å². The molecule has 0 heterocycles. The van der Waals surface area contributed by atoms with E-state index >= 15 is 0 Å². The Labute approximate surface area is 79.2 Å². The predicted molar refractivity (Wildman–Crippen MR) is 48.7 cm³/mol. The summed E-state index contributed by atoms with van der Waals surface area (Å²) >= 11 is 0. The third-order valence-corrected chi connectivity index (χ3v) is 1.04. The van der Waals surface area contributed by atoms with Gasteiger partial charge in [0, 0.05) is 6.61 Å². The first kappa shape index (κ1) is 12.2. The minimum Gasteiger partial charge on any atom is -0.432 e. The molecule has 0 saturated carbocycles. The van der Waals surface area contributed by atoms with Gasteiger partial charge >= 0.3 is 6.16 Å². The van der Waals surface area contributed by atoms with Crippen LogP contribution in [0.2, 0.25) is 0 Å². The molecule has 0 aromatic carbocycles. The highest BCUT2D eigenvalue weighted by Gasteiger charge is 2.16. The monoisotopic (exact) mass is 190 g/mol. The lowest BCUT2D eigenvalue weighted by molar-refractivity contribution is -0.0179. The largest absolute Gasteiger partial charge is 0.508 e. The molecule has 0 saturated heterocycles. The number of rotatable bonds is 4. The van der Waals surface area contributed by atoms with Crippen LogP contribution in [0, 0.1) is 0 Å². The summed E-state index contributed by atoms with van der Waals surface area (Å²) in [6.45, 7) is 8.52. The Morgan fingerprint density at radius 2 is 1.85 bits per heavy atom. The fourth-order valence-corrected chi connectivity index (χ4v) is 0.608. The maximum Gasteiger partial charge on any atom is 0.508 e. The van der Waals surface area contributed by atoms with Crippen LogP contribution in [0.5, 0.6) is 0 Å². The molecule has 0 spiro atoms. The third-order valence-electron chi connectivity index (χ3n) is 1.04. The fraction of sp³-hybridized carbons (Fsp3) is 0.889. The number of ether oxygens (including phenoxy) is 3. The van der Waals surface area contributed by atoms with Crippen molar-refractivity contribution in [2.45, 2.75) is 33.3 Å². The number of hydrogen-bond donors (Lipinski definition) is 0. The second-order valence-corrected chi connectivity index (χ2v) is 3.51. The molecule has 0 radical (unpaired) electrons. The topological polar surface area (TPSA) is 44.8 Å². The lowest BCUT2D eigenvalue weighted by Crippen LogP contribution is -2.25. The summed E-state index contributed by atoms with van der Waals surface area (Å²) < 4.78 is 14.6. The summed E-state index contributed by atoms with van der Waals surface area (Å²) in [6.07, 6.45) is -0.646. The van der Waals surface area contributed by atoms with Crippen LogP contribution in [0.1, 0.15) is 27.7 Å². The summed E-state index contributed by atoms with van der Waals surface area (Å²) in [7, 11) is 0. The zero-order valence-corrected chi connectivity index (χ0v) is 8.75. The van der Waals surface area contributed by atoms with E-state index in [9.17, 15) is 4.79 Å². The highest BCUT2D eigenvalue weighted by atomic mass is 16.7. The van der Waals surface area contributed by atoms with Crippen LogP contribution in [0.25, 0.3) is 0 Å². The van der Waals surface area contributed by atoms with Crippen molar-refractivity contribution in [2.24, 2.45) is 0 Å². The van der Waals surface area contributed by atoms with Gasteiger partial charge in [0.05, 0.1) is 6.61 Å². The van der Waals surface area contributed by atoms with Crippen molar-refractivity contribution in [3.63, 3.8) is 0 Å². The third kappa shape index (κ3) is 9.14. The predicted octanol–water partition coefficient (Wildman–Crippen LogP) is 1.97. The molecule has 0 aliphatic carbocycles. The van der Waals surface area contributed by atoms with Gasteiger partial charge in [-0.15, -0.1) is 0 Å². The van der Waals surface area contributed by atoms with Crippen LogP contribution >= 0.6 is 0 Å². The van der Waals surface area contributed by atoms with Crippen molar-refractivity contribution >= 4 is 6.16 Å². The minimum absolute atomic E-state index is 0.239. The van der Waals surface area contributed by atoms with Crippen LogP contribution in [0.4, 0.5) is 4.79 Å². The Morgan fingerprint density at radius 1 is 1.23 bits per heavy atom. The molecule has 0 amide bonds. The molecule has 0 aromatic rings. The van der Waals surface area contributed by atoms with Crippen molar-refractivity contribution in [2.75, 3.05) is 19.8 Å². The summed E-state index contributed by atoms with van der Waals surface area (Å²) in [5, 5.41) is 0. The zero-order valence-electron chi connectivity index (χ0n) is 8.75. The standard InChI is InChI=1S/C9H18O4/c1-5-11-6-7-12-8(10)13-9(2,3)4/h5-7H2,1-4H3. The van der Waals surface area contributed by atoms with E-state index in [2.05, 4.69) is 0 Å². The van der Waals surface area contributed by atoms with E-state index < -0.39 is 11.8 Å². The van der Waals surface area contributed by atoms with Gasteiger partial charge in [-0.2, -0.15) is 0 Å². The molecule has 13 heavy (non-hydrogen) atoms. The molecule has 0 fully saturated rings. The Hall–Kier alpha value is -0.770. The molecule has 0 aliphatic heterocycles. The van der Waals surface area contributed by atoms with Crippen LogP contribution in [0.15, 0.2) is 0 Å². The Morgan fingerprint density at radius 3 is 2.31 bits per heavy atom. The average molecular weight is 190 g/mol. The van der Waals surface area contributed by atoms with Crippen molar-refractivity contribution in [1.82, 2.24) is 0 Å². The smallest absolute Gasteiger partial charge is 0.432 e. The van der Waals surface area contributed by atoms with E-state index in [1.807, 2.05) is 6.92 Å². The summed E-state index contributed by atoms with van der Waals surface area (Å²) in [5.74, 6) is 0. The van der Waals surface area contributed by atoms with E-state index in [1.54, 1.807) is 20.8 Å². The van der Waals surface area contributed by atoms with Crippen molar-refractivity contribution in [3.05, 3.63) is 0 Å². The van der Waals surface area contributed by atoms with Gasteiger partial charge in [0.1, 0.15) is 12.2 Å². The van der Waals surface area contributed by atoms with Crippen molar-refractivity contribution in [1.29, 1.82) is 0 Å². The van der Waals surface area contributed by atoms with Gasteiger partial charge in [-0.25, -0.2) is 4.79 Å². The molecule has 0 bridgehead atoms. The van der Waals surface area contributed by atoms with Gasteiger partial charge in [0.2, 0.25) is 0 Å². The zero-order chi connectivity index (χ0) is 10.3. The van der Waals surface area contributed by atoms with E-state index in [1.165, 1.54) is 0 Å². The molecule has 0 aliphatic rings.